The van der Waals surface area contributed by atoms with Crippen molar-refractivity contribution in [2.75, 3.05) is 32.3 Å². The van der Waals surface area contributed by atoms with Gasteiger partial charge < -0.3 is 14.4 Å². The van der Waals surface area contributed by atoms with Crippen molar-refractivity contribution in [3.63, 3.8) is 0 Å². The van der Waals surface area contributed by atoms with Crippen molar-refractivity contribution < 1.29 is 27.5 Å². The summed E-state index contributed by atoms with van der Waals surface area (Å²) in [6, 6.07) is 16.0. The molecule has 3 aromatic rings. The molecule has 1 amide bonds. The number of amides is 1. The fraction of sp³-hybridized carbons (Fsp3) is 0.292. The van der Waals surface area contributed by atoms with Crippen LogP contribution in [-0.2, 0) is 19.4 Å². The van der Waals surface area contributed by atoms with Gasteiger partial charge in [0.15, 0.2) is 16.4 Å². The molecule has 0 spiro atoms. The first-order chi connectivity index (χ1) is 16.3. The van der Waals surface area contributed by atoms with Crippen molar-refractivity contribution in [1.82, 2.24) is 14.7 Å². The van der Waals surface area contributed by atoms with E-state index in [1.54, 1.807) is 42.3 Å². The molecule has 4 rings (SSSR count). The highest BCUT2D eigenvalue weighted by atomic mass is 32.2. The van der Waals surface area contributed by atoms with Crippen molar-refractivity contribution in [2.45, 2.75) is 12.5 Å². The van der Waals surface area contributed by atoms with Crippen LogP contribution in [0.5, 0.6) is 5.75 Å². The summed E-state index contributed by atoms with van der Waals surface area (Å²) in [6.07, 6.45) is 1.94. The van der Waals surface area contributed by atoms with Gasteiger partial charge in [0.05, 0.1) is 24.3 Å². The van der Waals surface area contributed by atoms with Crippen LogP contribution in [0, 0.1) is 0 Å². The van der Waals surface area contributed by atoms with Crippen LogP contribution in [0.4, 0.5) is 0 Å². The molecule has 1 aliphatic heterocycles. The van der Waals surface area contributed by atoms with Crippen molar-refractivity contribution >= 4 is 21.7 Å². The molecular weight excluding hydrogens is 458 g/mol. The first kappa shape index (κ1) is 23.5. The van der Waals surface area contributed by atoms with E-state index in [2.05, 4.69) is 5.10 Å². The minimum atomic E-state index is -3.13. The van der Waals surface area contributed by atoms with Crippen LogP contribution in [0.1, 0.15) is 16.8 Å². The number of ether oxygens (including phenoxy) is 2. The molecule has 0 aliphatic carbocycles. The van der Waals surface area contributed by atoms with E-state index in [0.717, 1.165) is 5.69 Å². The standard InChI is InChI=1S/C24H25N3O6S/c1-26(19-12-13-34(30,31)16-19)22(28)15-33-24(29)21-14-27(18-6-4-3-5-7-18)25-23(21)17-8-10-20(32-2)11-9-17/h3-11,14,19H,12-13,15-16H2,1-2H3. The molecule has 1 unspecified atom stereocenters. The zero-order valence-electron chi connectivity index (χ0n) is 18.9. The highest BCUT2D eigenvalue weighted by Gasteiger charge is 2.33. The van der Waals surface area contributed by atoms with Crippen LogP contribution in [-0.4, -0.2) is 73.3 Å². The largest absolute Gasteiger partial charge is 0.497 e. The number of carbonyl (C=O) groups is 2. The Morgan fingerprint density at radius 1 is 1.12 bits per heavy atom. The number of esters is 1. The summed E-state index contributed by atoms with van der Waals surface area (Å²) in [5.41, 5.74) is 2.05. The van der Waals surface area contributed by atoms with Crippen LogP contribution >= 0.6 is 0 Å². The second-order valence-corrected chi connectivity index (χ2v) is 10.3. The number of methoxy groups -OCH3 is 1. The summed E-state index contributed by atoms with van der Waals surface area (Å²) < 4.78 is 35.5. The number of hydrogen-bond acceptors (Lipinski definition) is 7. The zero-order valence-corrected chi connectivity index (χ0v) is 19.7. The van der Waals surface area contributed by atoms with Crippen molar-refractivity contribution in [3.05, 3.63) is 66.4 Å². The van der Waals surface area contributed by atoms with E-state index in [-0.39, 0.29) is 17.1 Å². The molecule has 9 nitrogen and oxygen atoms in total. The first-order valence-corrected chi connectivity index (χ1v) is 12.5. The lowest BCUT2D eigenvalue weighted by atomic mass is 10.1. The Kier molecular flexibility index (Phi) is 6.69. The van der Waals surface area contributed by atoms with E-state index in [1.807, 2.05) is 30.3 Å². The molecule has 0 N–H and O–H groups in total. The van der Waals surface area contributed by atoms with Gasteiger partial charge in [-0.25, -0.2) is 17.9 Å². The maximum absolute atomic E-state index is 13.0. The van der Waals surface area contributed by atoms with Crippen LogP contribution in [0.2, 0.25) is 0 Å². The number of para-hydroxylation sites is 1. The molecule has 34 heavy (non-hydrogen) atoms. The van der Waals surface area contributed by atoms with Crippen LogP contribution in [0.15, 0.2) is 60.8 Å². The van der Waals surface area contributed by atoms with Crippen molar-refractivity contribution in [1.29, 1.82) is 0 Å². The second-order valence-electron chi connectivity index (χ2n) is 8.04. The topological polar surface area (TPSA) is 108 Å². The normalized spacial score (nSPS) is 16.7. The van der Waals surface area contributed by atoms with Gasteiger partial charge in [0.2, 0.25) is 0 Å². The molecule has 1 aliphatic rings. The number of rotatable bonds is 7. The van der Waals surface area contributed by atoms with Gasteiger partial charge in [0.1, 0.15) is 17.0 Å². The first-order valence-electron chi connectivity index (χ1n) is 10.7. The van der Waals surface area contributed by atoms with E-state index in [9.17, 15) is 18.0 Å². The average molecular weight is 484 g/mol. The van der Waals surface area contributed by atoms with E-state index in [4.69, 9.17) is 9.47 Å². The second kappa shape index (κ2) is 9.68. The molecule has 0 bridgehead atoms. The van der Waals surface area contributed by atoms with Gasteiger partial charge >= 0.3 is 5.97 Å². The Morgan fingerprint density at radius 2 is 1.82 bits per heavy atom. The molecule has 178 valence electrons. The number of carbonyl (C=O) groups excluding carboxylic acids is 2. The predicted octanol–water partition coefficient (Wildman–Crippen LogP) is 2.35. The molecule has 1 aromatic heterocycles. The van der Waals surface area contributed by atoms with E-state index < -0.39 is 34.4 Å². The third kappa shape index (κ3) is 5.12. The van der Waals surface area contributed by atoms with E-state index in [0.29, 0.717) is 23.4 Å². The minimum Gasteiger partial charge on any atom is -0.497 e. The predicted molar refractivity (Wildman–Crippen MR) is 126 cm³/mol. The summed E-state index contributed by atoms with van der Waals surface area (Å²) in [4.78, 5) is 26.9. The number of aromatic nitrogens is 2. The van der Waals surface area contributed by atoms with E-state index in [1.165, 1.54) is 11.9 Å². The average Bonchev–Trinajstić information content (AvgIpc) is 3.46. The molecular formula is C24H25N3O6S. The number of nitrogens with zero attached hydrogens (tertiary/aromatic N) is 3. The summed E-state index contributed by atoms with van der Waals surface area (Å²) in [5.74, 6) is -0.517. The lowest BCUT2D eigenvalue weighted by Crippen LogP contribution is -2.40. The van der Waals surface area contributed by atoms with Gasteiger partial charge in [-0.3, -0.25) is 4.79 Å². The zero-order chi connectivity index (χ0) is 24.3. The Morgan fingerprint density at radius 3 is 2.44 bits per heavy atom. The maximum Gasteiger partial charge on any atom is 0.342 e. The molecule has 1 fully saturated rings. The Labute approximate surface area is 197 Å². The summed E-state index contributed by atoms with van der Waals surface area (Å²) in [7, 11) is -0.0427. The van der Waals surface area contributed by atoms with Crippen LogP contribution in [0.3, 0.4) is 0 Å². The fourth-order valence-electron chi connectivity index (χ4n) is 3.79. The lowest BCUT2D eigenvalue weighted by molar-refractivity contribution is -0.134. The summed E-state index contributed by atoms with van der Waals surface area (Å²) >= 11 is 0. The van der Waals surface area contributed by atoms with Gasteiger partial charge in [0.25, 0.3) is 5.91 Å². The smallest absolute Gasteiger partial charge is 0.342 e. The van der Waals surface area contributed by atoms with Crippen molar-refractivity contribution in [3.8, 4) is 22.7 Å². The quantitative estimate of drug-likeness (QED) is 0.475. The third-order valence-corrected chi connectivity index (χ3v) is 7.54. The van der Waals surface area contributed by atoms with E-state index >= 15 is 0 Å². The van der Waals surface area contributed by atoms with Gasteiger partial charge in [-0.05, 0) is 42.8 Å². The third-order valence-electron chi connectivity index (χ3n) is 5.79. The Bertz CT molecular complexity index is 1290. The highest BCUT2D eigenvalue weighted by Crippen LogP contribution is 2.26. The summed E-state index contributed by atoms with van der Waals surface area (Å²) in [5, 5.41) is 4.58. The fourth-order valence-corrected chi connectivity index (χ4v) is 5.56. The minimum absolute atomic E-state index is 0.0545. The number of likely N-dealkylation sites (N-methyl/N-ethyl adjacent to an activating group) is 1. The molecule has 2 aromatic carbocycles. The number of hydrogen-bond donors (Lipinski definition) is 0. The van der Waals surface area contributed by atoms with Gasteiger partial charge in [-0.15, -0.1) is 0 Å². The Balaban J connectivity index is 1.55. The summed E-state index contributed by atoms with van der Waals surface area (Å²) in [6.45, 7) is -0.496. The van der Waals surface area contributed by atoms with Crippen molar-refractivity contribution in [2.24, 2.45) is 0 Å². The molecule has 0 saturated carbocycles. The van der Waals surface area contributed by atoms with Crippen LogP contribution in [0.25, 0.3) is 16.9 Å². The Hall–Kier alpha value is -3.66. The lowest BCUT2D eigenvalue weighted by Gasteiger charge is -2.23. The monoisotopic (exact) mass is 483 g/mol. The van der Waals surface area contributed by atoms with Gasteiger partial charge in [0, 0.05) is 24.8 Å². The SMILES string of the molecule is COc1ccc(-c2nn(-c3ccccc3)cc2C(=O)OCC(=O)N(C)C2CCS(=O)(=O)C2)cc1. The van der Waals surface area contributed by atoms with Gasteiger partial charge in [-0.2, -0.15) is 5.10 Å². The van der Waals surface area contributed by atoms with Crippen LogP contribution < -0.4 is 4.74 Å². The molecule has 2 heterocycles. The maximum atomic E-state index is 13.0. The molecule has 10 heteroatoms. The molecule has 1 atom stereocenters. The van der Waals surface area contributed by atoms with Gasteiger partial charge in [-0.1, -0.05) is 18.2 Å². The molecule has 1 saturated heterocycles. The number of sulfone groups is 1. The number of benzene rings is 2. The highest BCUT2D eigenvalue weighted by molar-refractivity contribution is 7.91. The molecule has 0 radical (unpaired) electrons.